The monoisotopic (exact) mass is 528 g/mol. The van der Waals surface area contributed by atoms with Crippen LogP contribution in [0.2, 0.25) is 4.34 Å². The lowest BCUT2D eigenvalue weighted by Gasteiger charge is -2.12. The Morgan fingerprint density at radius 1 is 1.15 bits per heavy atom. The van der Waals surface area contributed by atoms with Crippen LogP contribution in [-0.4, -0.2) is 44.7 Å². The second-order valence-electron chi connectivity index (χ2n) is 7.03. The summed E-state index contributed by atoms with van der Waals surface area (Å²) in [6.45, 7) is 4.75. The maximum atomic E-state index is 12.9. The lowest BCUT2D eigenvalue weighted by molar-refractivity contribution is -0.122. The minimum absolute atomic E-state index is 0.0292. The highest BCUT2D eigenvalue weighted by molar-refractivity contribution is 8.19. The van der Waals surface area contributed by atoms with Crippen molar-refractivity contribution in [1.29, 1.82) is 0 Å². The third-order valence-corrected chi connectivity index (χ3v) is 8.78. The van der Waals surface area contributed by atoms with Crippen LogP contribution in [0.25, 0.3) is 6.08 Å². The number of methoxy groups -OCH3 is 1. The summed E-state index contributed by atoms with van der Waals surface area (Å²) in [6.07, 6.45) is 4.81. The number of carbonyl (C=O) groups excluding carboxylic acids is 1. The SMILES string of the molecule is CCCCCOc1cc(C=C2SC(=NS(=O)(=O)c3ccc(Cl)s3)N(CC)C2=O)ccc1OC. The first-order valence-corrected chi connectivity index (χ1v) is 13.9. The van der Waals surface area contributed by atoms with Gasteiger partial charge in [0.15, 0.2) is 16.7 Å². The maximum absolute atomic E-state index is 12.9. The molecular formula is C22H25ClN2O5S3. The van der Waals surface area contributed by atoms with Crippen molar-refractivity contribution in [2.45, 2.75) is 37.3 Å². The summed E-state index contributed by atoms with van der Waals surface area (Å²) < 4.78 is 40.9. The maximum Gasteiger partial charge on any atom is 0.294 e. The number of sulfonamides is 1. The minimum atomic E-state index is -3.97. The van der Waals surface area contributed by atoms with Gasteiger partial charge in [-0.05, 0) is 61.0 Å². The zero-order valence-electron chi connectivity index (χ0n) is 18.5. The fourth-order valence-corrected chi connectivity index (χ4v) is 6.73. The van der Waals surface area contributed by atoms with Gasteiger partial charge in [-0.1, -0.05) is 37.4 Å². The first-order chi connectivity index (χ1) is 15.8. The number of thioether (sulfide) groups is 1. The number of rotatable bonds is 10. The molecule has 7 nitrogen and oxygen atoms in total. The Balaban J connectivity index is 1.87. The molecule has 0 spiro atoms. The molecular weight excluding hydrogens is 504 g/mol. The van der Waals surface area contributed by atoms with Crippen LogP contribution in [0.3, 0.4) is 0 Å². The first-order valence-electron chi connectivity index (χ1n) is 10.4. The molecule has 0 aliphatic carbocycles. The Kier molecular flexibility index (Phi) is 8.86. The molecule has 1 aromatic carbocycles. The Hall–Kier alpha value is -2.01. The molecule has 2 heterocycles. The second kappa shape index (κ2) is 11.4. The van der Waals surface area contributed by atoms with E-state index in [1.807, 2.05) is 6.07 Å². The van der Waals surface area contributed by atoms with Gasteiger partial charge in [-0.3, -0.25) is 9.69 Å². The largest absolute Gasteiger partial charge is 0.493 e. The predicted octanol–water partition coefficient (Wildman–Crippen LogP) is 5.66. The zero-order valence-corrected chi connectivity index (χ0v) is 21.7. The van der Waals surface area contributed by atoms with Crippen molar-refractivity contribution in [2.24, 2.45) is 4.40 Å². The van der Waals surface area contributed by atoms with Crippen LogP contribution in [0, 0.1) is 0 Å². The fourth-order valence-electron chi connectivity index (χ4n) is 3.02. The molecule has 11 heteroatoms. The van der Waals surface area contributed by atoms with Crippen molar-refractivity contribution in [3.05, 3.63) is 45.1 Å². The molecule has 1 aromatic heterocycles. The summed E-state index contributed by atoms with van der Waals surface area (Å²) in [5.74, 6) is 0.899. The van der Waals surface area contributed by atoms with Gasteiger partial charge in [-0.2, -0.15) is 8.42 Å². The van der Waals surface area contributed by atoms with Crippen LogP contribution in [0.4, 0.5) is 0 Å². The quantitative estimate of drug-likeness (QED) is 0.292. The van der Waals surface area contributed by atoms with E-state index >= 15 is 0 Å². The van der Waals surface area contributed by atoms with Crippen LogP contribution in [-0.2, 0) is 14.8 Å². The molecule has 3 rings (SSSR count). The molecule has 0 unspecified atom stereocenters. The number of hydrogen-bond acceptors (Lipinski definition) is 7. The summed E-state index contributed by atoms with van der Waals surface area (Å²) >= 11 is 7.81. The van der Waals surface area contributed by atoms with E-state index in [-0.39, 0.29) is 21.8 Å². The Morgan fingerprint density at radius 2 is 1.94 bits per heavy atom. The average Bonchev–Trinajstić information content (AvgIpc) is 3.35. The van der Waals surface area contributed by atoms with Crippen LogP contribution in [0.15, 0.2) is 43.8 Å². The van der Waals surface area contributed by atoms with Gasteiger partial charge in [0.05, 0.1) is 23.0 Å². The number of amidine groups is 1. The average molecular weight is 529 g/mol. The zero-order chi connectivity index (χ0) is 24.0. The molecule has 178 valence electrons. The van der Waals surface area contributed by atoms with Crippen molar-refractivity contribution in [2.75, 3.05) is 20.3 Å². The van der Waals surface area contributed by atoms with E-state index in [4.69, 9.17) is 21.1 Å². The number of likely N-dealkylation sites (N-methyl/N-ethyl adjacent to an activating group) is 1. The molecule has 2 aromatic rings. The first kappa shape index (κ1) is 25.6. The molecule has 0 radical (unpaired) electrons. The molecule has 1 fully saturated rings. The molecule has 0 bridgehead atoms. The topological polar surface area (TPSA) is 85.3 Å². The van der Waals surface area contributed by atoms with E-state index in [1.54, 1.807) is 32.2 Å². The summed E-state index contributed by atoms with van der Waals surface area (Å²) in [5, 5.41) is 0.114. The van der Waals surface area contributed by atoms with Crippen molar-refractivity contribution in [3.63, 3.8) is 0 Å². The Labute approximate surface area is 207 Å². The van der Waals surface area contributed by atoms with E-state index in [0.717, 1.165) is 47.9 Å². The van der Waals surface area contributed by atoms with Crippen LogP contribution >= 0.6 is 34.7 Å². The molecule has 0 saturated carbocycles. The van der Waals surface area contributed by atoms with Crippen LogP contribution in [0.1, 0.15) is 38.7 Å². The van der Waals surface area contributed by atoms with Crippen LogP contribution < -0.4 is 9.47 Å². The van der Waals surface area contributed by atoms with Crippen molar-refractivity contribution >= 4 is 61.9 Å². The third kappa shape index (κ3) is 6.32. The van der Waals surface area contributed by atoms with Gasteiger partial charge in [0.25, 0.3) is 15.9 Å². The number of unbranched alkanes of at least 4 members (excludes halogenated alkanes) is 2. The number of amides is 1. The number of benzene rings is 1. The smallest absolute Gasteiger partial charge is 0.294 e. The van der Waals surface area contributed by atoms with Crippen molar-refractivity contribution in [1.82, 2.24) is 4.90 Å². The van der Waals surface area contributed by atoms with Gasteiger partial charge < -0.3 is 9.47 Å². The molecule has 33 heavy (non-hydrogen) atoms. The summed E-state index contributed by atoms with van der Waals surface area (Å²) in [4.78, 5) is 14.6. The molecule has 1 amide bonds. The number of hydrogen-bond donors (Lipinski definition) is 0. The van der Waals surface area contributed by atoms with E-state index in [2.05, 4.69) is 11.3 Å². The number of carbonyl (C=O) groups is 1. The highest BCUT2D eigenvalue weighted by Gasteiger charge is 2.34. The minimum Gasteiger partial charge on any atom is -0.493 e. The Morgan fingerprint density at radius 3 is 2.58 bits per heavy atom. The molecule has 1 aliphatic rings. The summed E-state index contributed by atoms with van der Waals surface area (Å²) in [7, 11) is -2.40. The predicted molar refractivity (Wildman–Crippen MR) is 135 cm³/mol. The van der Waals surface area contributed by atoms with E-state index < -0.39 is 10.0 Å². The van der Waals surface area contributed by atoms with Gasteiger partial charge in [-0.15, -0.1) is 15.7 Å². The summed E-state index contributed by atoms with van der Waals surface area (Å²) in [6, 6.07) is 8.31. The fraction of sp³-hybridized carbons (Fsp3) is 0.364. The standard InChI is InChI=1S/C22H25ClN2O5S3/c1-4-6-7-12-30-17-13-15(8-9-16(17)29-3)14-18-21(26)25(5-2)22(31-18)24-33(27,28)20-11-10-19(23)32-20/h8-11,13-14H,4-7,12H2,1-3H3. The van der Waals surface area contributed by atoms with Crippen molar-refractivity contribution < 1.29 is 22.7 Å². The molecule has 1 saturated heterocycles. The lowest BCUT2D eigenvalue weighted by Crippen LogP contribution is -2.29. The van der Waals surface area contributed by atoms with Gasteiger partial charge in [0.2, 0.25) is 0 Å². The van der Waals surface area contributed by atoms with Gasteiger partial charge in [-0.25, -0.2) is 0 Å². The highest BCUT2D eigenvalue weighted by Crippen LogP contribution is 2.36. The van der Waals surface area contributed by atoms with Gasteiger partial charge >= 0.3 is 0 Å². The molecule has 1 aliphatic heterocycles. The van der Waals surface area contributed by atoms with E-state index in [9.17, 15) is 13.2 Å². The summed E-state index contributed by atoms with van der Waals surface area (Å²) in [5.41, 5.74) is 0.738. The number of nitrogens with zero attached hydrogens (tertiary/aromatic N) is 2. The van der Waals surface area contributed by atoms with Crippen molar-refractivity contribution in [3.8, 4) is 11.5 Å². The molecule has 0 N–H and O–H groups in total. The second-order valence-corrected chi connectivity index (χ2v) is 11.6. The van der Waals surface area contributed by atoms with E-state index in [0.29, 0.717) is 27.3 Å². The lowest BCUT2D eigenvalue weighted by atomic mass is 10.2. The molecule has 0 atom stereocenters. The third-order valence-electron chi connectivity index (χ3n) is 4.70. The number of thiophene rings is 1. The Bertz CT molecular complexity index is 1170. The number of halogens is 1. The normalized spacial score (nSPS) is 16.7. The van der Waals surface area contributed by atoms with E-state index in [1.165, 1.54) is 17.0 Å². The van der Waals surface area contributed by atoms with Gasteiger partial charge in [0.1, 0.15) is 4.21 Å². The van der Waals surface area contributed by atoms with Gasteiger partial charge in [0, 0.05) is 6.54 Å². The van der Waals surface area contributed by atoms with Crippen LogP contribution in [0.5, 0.6) is 11.5 Å². The number of ether oxygens (including phenoxy) is 2. The highest BCUT2D eigenvalue weighted by atomic mass is 35.5.